The Morgan fingerprint density at radius 1 is 1.27 bits per heavy atom. The van der Waals surface area contributed by atoms with Gasteiger partial charge in [-0.3, -0.25) is 4.79 Å². The van der Waals surface area contributed by atoms with Crippen molar-refractivity contribution in [2.24, 2.45) is 5.14 Å². The van der Waals surface area contributed by atoms with Gasteiger partial charge in [0.2, 0.25) is 10.0 Å². The van der Waals surface area contributed by atoms with Gasteiger partial charge < -0.3 is 10.1 Å². The maximum absolute atomic E-state index is 12.2. The van der Waals surface area contributed by atoms with Crippen LogP contribution in [0.15, 0.2) is 35.2 Å². The molecule has 2 aromatic rings. The number of thiophene rings is 1. The van der Waals surface area contributed by atoms with Crippen molar-refractivity contribution >= 4 is 38.9 Å². The summed E-state index contributed by atoms with van der Waals surface area (Å²) < 4.78 is 27.6. The minimum atomic E-state index is -3.80. The summed E-state index contributed by atoms with van der Waals surface area (Å²) in [5.41, 5.74) is 1.44. The minimum Gasteiger partial charge on any atom is -0.448 e. The van der Waals surface area contributed by atoms with Crippen molar-refractivity contribution in [3.63, 3.8) is 0 Å². The van der Waals surface area contributed by atoms with Gasteiger partial charge in [-0.1, -0.05) is 6.92 Å². The highest BCUT2D eigenvalue weighted by atomic mass is 32.2. The van der Waals surface area contributed by atoms with E-state index >= 15 is 0 Å². The molecule has 3 N–H and O–H groups in total. The molecule has 9 heteroatoms. The standard InChI is InChI=1S/C17H20N2O5S2/c1-4-12-9-15(25-11(12)3)17(21)24-10(2)16(20)19-13-5-7-14(8-6-13)26(18,22)23/h5-10H,4H2,1-3H3,(H,19,20)(H2,18,22,23)/t10-/m0/s1. The summed E-state index contributed by atoms with van der Waals surface area (Å²) in [6, 6.07) is 7.15. The number of rotatable bonds is 6. The summed E-state index contributed by atoms with van der Waals surface area (Å²) in [5.74, 6) is -1.07. The third-order valence-corrected chi connectivity index (χ3v) is 5.71. The smallest absolute Gasteiger partial charge is 0.349 e. The minimum absolute atomic E-state index is 0.0604. The number of hydrogen-bond donors (Lipinski definition) is 2. The van der Waals surface area contributed by atoms with E-state index in [2.05, 4.69) is 5.32 Å². The van der Waals surface area contributed by atoms with Gasteiger partial charge in [0.25, 0.3) is 5.91 Å². The fraction of sp³-hybridized carbons (Fsp3) is 0.294. The number of aryl methyl sites for hydroxylation is 2. The molecule has 0 radical (unpaired) electrons. The van der Waals surface area contributed by atoms with Gasteiger partial charge in [0.1, 0.15) is 4.88 Å². The quantitative estimate of drug-likeness (QED) is 0.728. The average Bonchev–Trinajstić information content (AvgIpc) is 2.95. The third-order valence-electron chi connectivity index (χ3n) is 3.71. The molecule has 1 heterocycles. The van der Waals surface area contributed by atoms with Crippen molar-refractivity contribution in [3.8, 4) is 0 Å². The Hall–Kier alpha value is -2.23. The van der Waals surface area contributed by atoms with Crippen LogP contribution in [0, 0.1) is 6.92 Å². The zero-order valence-corrected chi connectivity index (χ0v) is 16.2. The molecule has 0 fully saturated rings. The molecular weight excluding hydrogens is 376 g/mol. The normalized spacial score (nSPS) is 12.5. The maximum Gasteiger partial charge on any atom is 0.349 e. The molecule has 26 heavy (non-hydrogen) atoms. The number of amides is 1. The number of carbonyl (C=O) groups excluding carboxylic acids is 2. The first kappa shape index (κ1) is 20.1. The molecule has 0 unspecified atom stereocenters. The number of anilines is 1. The summed E-state index contributed by atoms with van der Waals surface area (Å²) in [6.45, 7) is 5.40. The van der Waals surface area contributed by atoms with Crippen LogP contribution in [-0.2, 0) is 26.0 Å². The number of sulfonamides is 1. The molecular formula is C17H20N2O5S2. The van der Waals surface area contributed by atoms with Crippen LogP contribution < -0.4 is 10.5 Å². The van der Waals surface area contributed by atoms with Gasteiger partial charge in [-0.05, 0) is 56.2 Å². The van der Waals surface area contributed by atoms with Gasteiger partial charge >= 0.3 is 5.97 Å². The fourth-order valence-electron chi connectivity index (χ4n) is 2.22. The molecule has 0 spiro atoms. The zero-order valence-electron chi connectivity index (χ0n) is 14.6. The Labute approximate surface area is 156 Å². The molecule has 1 aromatic heterocycles. The van der Waals surface area contributed by atoms with Gasteiger partial charge in [-0.25, -0.2) is 18.4 Å². The van der Waals surface area contributed by atoms with Crippen molar-refractivity contribution in [3.05, 3.63) is 45.6 Å². The Bertz CT molecular complexity index is 917. The molecule has 0 aliphatic carbocycles. The second kappa shape index (κ2) is 7.98. The summed E-state index contributed by atoms with van der Waals surface area (Å²) in [7, 11) is -3.80. The van der Waals surface area contributed by atoms with E-state index in [0.29, 0.717) is 10.6 Å². The first-order valence-corrected chi connectivity index (χ1v) is 10.2. The number of hydrogen-bond acceptors (Lipinski definition) is 6. The topological polar surface area (TPSA) is 116 Å². The number of primary sulfonamides is 1. The van der Waals surface area contributed by atoms with E-state index in [1.807, 2.05) is 13.8 Å². The molecule has 1 aromatic carbocycles. The first-order valence-electron chi connectivity index (χ1n) is 7.85. The van der Waals surface area contributed by atoms with Crippen molar-refractivity contribution < 1.29 is 22.7 Å². The van der Waals surface area contributed by atoms with Crippen LogP contribution in [0.2, 0.25) is 0 Å². The predicted molar refractivity (Wildman–Crippen MR) is 99.8 cm³/mol. The molecule has 0 bridgehead atoms. The molecule has 140 valence electrons. The monoisotopic (exact) mass is 396 g/mol. The van der Waals surface area contributed by atoms with Crippen LogP contribution in [0.5, 0.6) is 0 Å². The Morgan fingerprint density at radius 3 is 2.38 bits per heavy atom. The molecule has 0 aliphatic rings. The number of esters is 1. The number of ether oxygens (including phenoxy) is 1. The Balaban J connectivity index is 1.99. The highest BCUT2D eigenvalue weighted by Gasteiger charge is 2.21. The third kappa shape index (κ3) is 4.90. The second-order valence-corrected chi connectivity index (χ2v) is 8.47. The van der Waals surface area contributed by atoms with E-state index in [9.17, 15) is 18.0 Å². The summed E-state index contributed by atoms with van der Waals surface area (Å²) in [4.78, 5) is 25.8. The van der Waals surface area contributed by atoms with E-state index in [1.54, 1.807) is 6.07 Å². The highest BCUT2D eigenvalue weighted by molar-refractivity contribution is 7.89. The van der Waals surface area contributed by atoms with E-state index in [4.69, 9.17) is 9.88 Å². The highest BCUT2D eigenvalue weighted by Crippen LogP contribution is 2.23. The lowest BCUT2D eigenvalue weighted by atomic mass is 10.2. The Kier molecular flexibility index (Phi) is 6.17. The van der Waals surface area contributed by atoms with Crippen molar-refractivity contribution in [1.29, 1.82) is 0 Å². The van der Waals surface area contributed by atoms with Crippen LogP contribution in [-0.4, -0.2) is 26.4 Å². The predicted octanol–water partition coefficient (Wildman–Crippen LogP) is 2.45. The maximum atomic E-state index is 12.2. The van der Waals surface area contributed by atoms with Crippen molar-refractivity contribution in [2.45, 2.75) is 38.2 Å². The molecule has 1 amide bonds. The molecule has 0 aliphatic heterocycles. The number of benzene rings is 1. The van der Waals surface area contributed by atoms with E-state index in [1.165, 1.54) is 42.5 Å². The molecule has 7 nitrogen and oxygen atoms in total. The largest absolute Gasteiger partial charge is 0.448 e. The van der Waals surface area contributed by atoms with Gasteiger partial charge in [0.15, 0.2) is 6.10 Å². The number of nitrogens with one attached hydrogen (secondary N) is 1. The number of carbonyl (C=O) groups is 2. The fourth-order valence-corrected chi connectivity index (χ4v) is 3.73. The zero-order chi connectivity index (χ0) is 19.5. The first-order chi connectivity index (χ1) is 12.1. The molecule has 0 saturated carbocycles. The van der Waals surface area contributed by atoms with Crippen LogP contribution in [0.1, 0.15) is 34.0 Å². The van der Waals surface area contributed by atoms with E-state index in [0.717, 1.165) is 16.9 Å². The van der Waals surface area contributed by atoms with Gasteiger partial charge in [-0.2, -0.15) is 0 Å². The van der Waals surface area contributed by atoms with Crippen LogP contribution in [0.25, 0.3) is 0 Å². The van der Waals surface area contributed by atoms with Crippen LogP contribution in [0.3, 0.4) is 0 Å². The van der Waals surface area contributed by atoms with Gasteiger partial charge in [-0.15, -0.1) is 11.3 Å². The lowest BCUT2D eigenvalue weighted by molar-refractivity contribution is -0.123. The average molecular weight is 396 g/mol. The van der Waals surface area contributed by atoms with Gasteiger partial charge in [0.05, 0.1) is 4.90 Å². The lowest BCUT2D eigenvalue weighted by Crippen LogP contribution is -2.29. The molecule has 1 atom stereocenters. The second-order valence-electron chi connectivity index (χ2n) is 5.65. The number of nitrogens with two attached hydrogens (primary N) is 1. The summed E-state index contributed by atoms with van der Waals surface area (Å²) in [5, 5.41) is 7.57. The summed E-state index contributed by atoms with van der Waals surface area (Å²) >= 11 is 1.33. The van der Waals surface area contributed by atoms with Crippen molar-refractivity contribution in [1.82, 2.24) is 0 Å². The Morgan fingerprint density at radius 2 is 1.88 bits per heavy atom. The van der Waals surface area contributed by atoms with E-state index < -0.39 is 28.0 Å². The summed E-state index contributed by atoms with van der Waals surface area (Å²) in [6.07, 6.45) is -0.187. The van der Waals surface area contributed by atoms with Crippen molar-refractivity contribution in [2.75, 3.05) is 5.32 Å². The van der Waals surface area contributed by atoms with E-state index in [-0.39, 0.29) is 4.90 Å². The molecule has 0 saturated heterocycles. The lowest BCUT2D eigenvalue weighted by Gasteiger charge is -2.13. The van der Waals surface area contributed by atoms with Gasteiger partial charge in [0, 0.05) is 10.6 Å². The van der Waals surface area contributed by atoms with Crippen LogP contribution in [0.4, 0.5) is 5.69 Å². The molecule has 2 rings (SSSR count). The SMILES string of the molecule is CCc1cc(C(=O)O[C@@H](C)C(=O)Nc2ccc(S(N)(=O)=O)cc2)sc1C. The van der Waals surface area contributed by atoms with Crippen LogP contribution >= 0.6 is 11.3 Å².